The van der Waals surface area contributed by atoms with Crippen LogP contribution in [-0.2, 0) is 4.79 Å². The van der Waals surface area contributed by atoms with E-state index in [1.807, 2.05) is 18.2 Å². The van der Waals surface area contributed by atoms with E-state index in [-0.39, 0.29) is 5.91 Å². The molecule has 5 nitrogen and oxygen atoms in total. The molecule has 2 aromatic carbocycles. The number of hydrogen-bond donors (Lipinski definition) is 2. The van der Waals surface area contributed by atoms with Crippen molar-refractivity contribution in [1.82, 2.24) is 10.2 Å². The third kappa shape index (κ3) is 3.31. The van der Waals surface area contributed by atoms with Gasteiger partial charge in [-0.15, -0.1) is 0 Å². The molecule has 1 heterocycles. The molecule has 0 radical (unpaired) electrons. The Morgan fingerprint density at radius 1 is 1.17 bits per heavy atom. The molecule has 1 atom stereocenters. The van der Waals surface area contributed by atoms with Crippen molar-refractivity contribution in [3.63, 3.8) is 0 Å². The van der Waals surface area contributed by atoms with Crippen LogP contribution in [0.4, 0.5) is 14.9 Å². The van der Waals surface area contributed by atoms with E-state index in [1.165, 1.54) is 23.1 Å². The third-order valence-corrected chi connectivity index (χ3v) is 3.66. The first-order valence-electron chi connectivity index (χ1n) is 7.31. The minimum Gasteiger partial charge on any atom is -0.352 e. The molecule has 0 spiro atoms. The molecule has 0 saturated carbocycles. The van der Waals surface area contributed by atoms with Crippen molar-refractivity contribution in [2.75, 3.05) is 18.4 Å². The number of rotatable bonds is 2. The maximum Gasteiger partial charge on any atom is 0.322 e. The van der Waals surface area contributed by atoms with Gasteiger partial charge in [-0.3, -0.25) is 4.79 Å². The number of carbonyl (C=O) groups excluding carboxylic acids is 2. The van der Waals surface area contributed by atoms with Crippen LogP contribution in [-0.4, -0.2) is 29.9 Å². The number of amides is 3. The average Bonchev–Trinajstić information content (AvgIpc) is 2.55. The maximum absolute atomic E-state index is 13.2. The molecule has 6 heteroatoms. The van der Waals surface area contributed by atoms with Gasteiger partial charge in [-0.1, -0.05) is 36.4 Å². The lowest BCUT2D eigenvalue weighted by Crippen LogP contribution is -2.53. The van der Waals surface area contributed by atoms with Gasteiger partial charge in [0.2, 0.25) is 5.91 Å². The van der Waals surface area contributed by atoms with Crippen LogP contribution in [0.25, 0.3) is 0 Å². The smallest absolute Gasteiger partial charge is 0.322 e. The number of carbonyl (C=O) groups is 2. The van der Waals surface area contributed by atoms with Gasteiger partial charge in [0.1, 0.15) is 11.9 Å². The molecule has 1 saturated heterocycles. The SMILES string of the molecule is O=C1NCCN(C(=O)Nc2cccc(F)c2)C1c1ccccc1. The van der Waals surface area contributed by atoms with E-state index in [1.54, 1.807) is 18.2 Å². The van der Waals surface area contributed by atoms with Gasteiger partial charge >= 0.3 is 6.03 Å². The number of nitrogens with zero attached hydrogens (tertiary/aromatic N) is 1. The van der Waals surface area contributed by atoms with Crippen molar-refractivity contribution in [2.24, 2.45) is 0 Å². The highest BCUT2D eigenvalue weighted by atomic mass is 19.1. The molecule has 118 valence electrons. The quantitative estimate of drug-likeness (QED) is 0.895. The first-order chi connectivity index (χ1) is 11.1. The highest BCUT2D eigenvalue weighted by molar-refractivity contribution is 5.95. The van der Waals surface area contributed by atoms with Crippen LogP contribution in [0.2, 0.25) is 0 Å². The summed E-state index contributed by atoms with van der Waals surface area (Å²) in [7, 11) is 0. The summed E-state index contributed by atoms with van der Waals surface area (Å²) in [5.74, 6) is -0.657. The summed E-state index contributed by atoms with van der Waals surface area (Å²) >= 11 is 0. The Kier molecular flexibility index (Phi) is 4.23. The number of nitrogens with one attached hydrogen (secondary N) is 2. The van der Waals surface area contributed by atoms with E-state index >= 15 is 0 Å². The van der Waals surface area contributed by atoms with Crippen LogP contribution < -0.4 is 10.6 Å². The van der Waals surface area contributed by atoms with Gasteiger partial charge in [0.25, 0.3) is 0 Å². The third-order valence-electron chi connectivity index (χ3n) is 3.66. The largest absolute Gasteiger partial charge is 0.352 e. The summed E-state index contributed by atoms with van der Waals surface area (Å²) in [6, 6.07) is 13.6. The fourth-order valence-corrected chi connectivity index (χ4v) is 2.61. The molecule has 1 aliphatic heterocycles. The van der Waals surface area contributed by atoms with Crippen LogP contribution in [0.1, 0.15) is 11.6 Å². The normalized spacial score (nSPS) is 17.5. The number of halogens is 1. The van der Waals surface area contributed by atoms with Crippen molar-refractivity contribution in [3.8, 4) is 0 Å². The van der Waals surface area contributed by atoms with Gasteiger partial charge < -0.3 is 15.5 Å². The summed E-state index contributed by atoms with van der Waals surface area (Å²) in [6.07, 6.45) is 0. The van der Waals surface area contributed by atoms with E-state index in [0.29, 0.717) is 18.8 Å². The van der Waals surface area contributed by atoms with Crippen molar-refractivity contribution < 1.29 is 14.0 Å². The van der Waals surface area contributed by atoms with E-state index in [9.17, 15) is 14.0 Å². The van der Waals surface area contributed by atoms with Crippen LogP contribution in [0.5, 0.6) is 0 Å². The van der Waals surface area contributed by atoms with Crippen LogP contribution in [0.15, 0.2) is 54.6 Å². The zero-order valence-electron chi connectivity index (χ0n) is 12.3. The Hall–Kier alpha value is -2.89. The number of hydrogen-bond acceptors (Lipinski definition) is 2. The Balaban J connectivity index is 1.83. The minimum atomic E-state index is -0.696. The van der Waals surface area contributed by atoms with Crippen molar-refractivity contribution in [1.29, 1.82) is 0 Å². The zero-order chi connectivity index (χ0) is 16.2. The molecule has 1 aliphatic rings. The van der Waals surface area contributed by atoms with Crippen LogP contribution in [0, 0.1) is 5.82 Å². The fourth-order valence-electron chi connectivity index (χ4n) is 2.61. The van der Waals surface area contributed by atoms with Gasteiger partial charge in [-0.05, 0) is 23.8 Å². The lowest BCUT2D eigenvalue weighted by atomic mass is 10.0. The Labute approximate surface area is 133 Å². The molecular weight excluding hydrogens is 297 g/mol. The molecule has 0 bridgehead atoms. The second-order valence-corrected chi connectivity index (χ2v) is 5.24. The van der Waals surface area contributed by atoms with Gasteiger partial charge in [0, 0.05) is 18.8 Å². The first kappa shape index (κ1) is 15.0. The lowest BCUT2D eigenvalue weighted by Gasteiger charge is -2.35. The lowest BCUT2D eigenvalue weighted by molar-refractivity contribution is -0.127. The zero-order valence-corrected chi connectivity index (χ0v) is 12.3. The molecule has 3 amide bonds. The van der Waals surface area contributed by atoms with Gasteiger partial charge in [-0.25, -0.2) is 9.18 Å². The number of urea groups is 1. The Bertz CT molecular complexity index is 721. The minimum absolute atomic E-state index is 0.225. The molecule has 1 unspecified atom stereocenters. The molecular formula is C17H16FN3O2. The average molecular weight is 313 g/mol. The predicted molar refractivity (Wildman–Crippen MR) is 84.3 cm³/mol. The van der Waals surface area contributed by atoms with Crippen molar-refractivity contribution >= 4 is 17.6 Å². The van der Waals surface area contributed by atoms with Crippen LogP contribution in [0.3, 0.4) is 0 Å². The van der Waals surface area contributed by atoms with E-state index < -0.39 is 17.9 Å². The molecule has 0 aliphatic carbocycles. The second-order valence-electron chi connectivity index (χ2n) is 5.24. The van der Waals surface area contributed by atoms with Crippen molar-refractivity contribution in [2.45, 2.75) is 6.04 Å². The van der Waals surface area contributed by atoms with Gasteiger partial charge in [0.05, 0.1) is 0 Å². The van der Waals surface area contributed by atoms with E-state index in [4.69, 9.17) is 0 Å². The number of piperazine rings is 1. The van der Waals surface area contributed by atoms with Crippen LogP contribution >= 0.6 is 0 Å². The second kappa shape index (κ2) is 6.48. The van der Waals surface area contributed by atoms with Crippen molar-refractivity contribution in [3.05, 3.63) is 66.0 Å². The number of anilines is 1. The molecule has 2 aromatic rings. The highest BCUT2D eigenvalue weighted by Gasteiger charge is 2.34. The maximum atomic E-state index is 13.2. The molecule has 1 fully saturated rings. The summed E-state index contributed by atoms with van der Waals surface area (Å²) in [4.78, 5) is 26.2. The number of benzene rings is 2. The van der Waals surface area contributed by atoms with E-state index in [0.717, 1.165) is 5.56 Å². The Morgan fingerprint density at radius 2 is 1.96 bits per heavy atom. The summed E-state index contributed by atoms with van der Waals surface area (Å²) in [5.41, 5.74) is 1.09. The monoisotopic (exact) mass is 313 g/mol. The molecule has 23 heavy (non-hydrogen) atoms. The Morgan fingerprint density at radius 3 is 2.70 bits per heavy atom. The van der Waals surface area contributed by atoms with Gasteiger partial charge in [0.15, 0.2) is 0 Å². The highest BCUT2D eigenvalue weighted by Crippen LogP contribution is 2.24. The summed E-state index contributed by atoms with van der Waals surface area (Å²) in [6.45, 7) is 0.769. The fraction of sp³-hybridized carbons (Fsp3) is 0.176. The predicted octanol–water partition coefficient (Wildman–Crippen LogP) is 2.53. The standard InChI is InChI=1S/C17H16FN3O2/c18-13-7-4-8-14(11-13)20-17(23)21-10-9-19-16(22)15(21)12-5-2-1-3-6-12/h1-8,11,15H,9-10H2,(H,19,22)(H,20,23). The molecule has 0 aromatic heterocycles. The van der Waals surface area contributed by atoms with Gasteiger partial charge in [-0.2, -0.15) is 0 Å². The topological polar surface area (TPSA) is 61.4 Å². The molecule has 2 N–H and O–H groups in total. The molecule has 3 rings (SSSR count). The van der Waals surface area contributed by atoms with E-state index in [2.05, 4.69) is 10.6 Å². The first-order valence-corrected chi connectivity index (χ1v) is 7.31. The summed E-state index contributed by atoms with van der Waals surface area (Å²) < 4.78 is 13.2. The summed E-state index contributed by atoms with van der Waals surface area (Å²) in [5, 5.41) is 5.41.